The summed E-state index contributed by atoms with van der Waals surface area (Å²) in [6, 6.07) is 0. The first-order valence-corrected chi connectivity index (χ1v) is 9.58. The molecule has 0 radical (unpaired) electrons. The highest BCUT2D eigenvalue weighted by atomic mass is 32.2. The Morgan fingerprint density at radius 1 is 1.11 bits per heavy atom. The summed E-state index contributed by atoms with van der Waals surface area (Å²) >= 11 is 0. The van der Waals surface area contributed by atoms with E-state index in [0.29, 0.717) is 19.3 Å². The van der Waals surface area contributed by atoms with Crippen molar-refractivity contribution < 1.29 is 16.8 Å². The molecule has 1 rings (SSSR count). The van der Waals surface area contributed by atoms with Crippen LogP contribution in [0.2, 0.25) is 0 Å². The lowest BCUT2D eigenvalue weighted by Crippen LogP contribution is -2.39. The third-order valence-electron chi connectivity index (χ3n) is 3.33. The van der Waals surface area contributed by atoms with Crippen molar-refractivity contribution in [2.75, 3.05) is 18.6 Å². The largest absolute Gasteiger partial charge is 0.228 e. The maximum absolute atomic E-state index is 11.8. The number of hydrogen-bond acceptors (Lipinski definition) is 4. The first-order valence-electron chi connectivity index (χ1n) is 6.04. The predicted octanol–water partition coefficient (Wildman–Crippen LogP) is 0.919. The monoisotopic (exact) mass is 297 g/mol. The first kappa shape index (κ1) is 15.9. The average molecular weight is 297 g/mol. The van der Waals surface area contributed by atoms with Gasteiger partial charge in [0.15, 0.2) is 9.84 Å². The van der Waals surface area contributed by atoms with Gasteiger partial charge >= 0.3 is 0 Å². The van der Waals surface area contributed by atoms with Crippen LogP contribution in [-0.2, 0) is 19.9 Å². The van der Waals surface area contributed by atoms with Gasteiger partial charge in [0.05, 0.1) is 10.5 Å². The Morgan fingerprint density at radius 2 is 1.61 bits per heavy atom. The summed E-state index contributed by atoms with van der Waals surface area (Å²) in [5.41, 5.74) is -0.0527. The van der Waals surface area contributed by atoms with E-state index < -0.39 is 24.6 Å². The van der Waals surface area contributed by atoms with Crippen LogP contribution in [0.25, 0.3) is 0 Å². The Bertz CT molecular complexity index is 496. The van der Waals surface area contributed by atoms with E-state index in [1.54, 1.807) is 0 Å². The lowest BCUT2D eigenvalue weighted by Gasteiger charge is -2.19. The number of sulfone groups is 1. The first-order chi connectivity index (χ1) is 7.87. The van der Waals surface area contributed by atoms with Crippen molar-refractivity contribution in [2.24, 2.45) is 5.41 Å². The van der Waals surface area contributed by atoms with Gasteiger partial charge in [-0.05, 0) is 24.7 Å². The summed E-state index contributed by atoms with van der Waals surface area (Å²) < 4.78 is 48.2. The molecule has 0 amide bonds. The molecule has 0 saturated heterocycles. The molecule has 0 spiro atoms. The summed E-state index contributed by atoms with van der Waals surface area (Å²) in [7, 11) is -6.57. The molecule has 0 unspecified atom stereocenters. The van der Waals surface area contributed by atoms with E-state index in [1.807, 2.05) is 20.8 Å². The van der Waals surface area contributed by atoms with E-state index in [0.717, 1.165) is 0 Å². The van der Waals surface area contributed by atoms with Crippen molar-refractivity contribution in [1.82, 2.24) is 4.72 Å². The van der Waals surface area contributed by atoms with Crippen molar-refractivity contribution in [1.29, 1.82) is 0 Å². The van der Waals surface area contributed by atoms with E-state index in [-0.39, 0.29) is 17.7 Å². The molecule has 0 aromatic heterocycles. The van der Waals surface area contributed by atoms with Crippen LogP contribution in [0.3, 0.4) is 0 Å². The zero-order chi connectivity index (χ0) is 14.2. The third kappa shape index (κ3) is 4.51. The number of hydrogen-bond donors (Lipinski definition) is 1. The Balaban J connectivity index is 2.54. The van der Waals surface area contributed by atoms with Gasteiger partial charge in [0.25, 0.3) is 0 Å². The molecule has 0 aromatic carbocycles. The number of rotatable bonds is 6. The fourth-order valence-corrected chi connectivity index (χ4v) is 4.36. The van der Waals surface area contributed by atoms with Gasteiger partial charge in [-0.2, -0.15) is 0 Å². The van der Waals surface area contributed by atoms with E-state index in [9.17, 15) is 16.8 Å². The molecule has 1 N–H and O–H groups in total. The second-order valence-corrected chi connectivity index (χ2v) is 10.7. The zero-order valence-electron chi connectivity index (χ0n) is 11.5. The molecule has 0 aliphatic heterocycles. The topological polar surface area (TPSA) is 80.3 Å². The summed E-state index contributed by atoms with van der Waals surface area (Å²) in [5.74, 6) is 0.0380. The summed E-state index contributed by atoms with van der Waals surface area (Å²) in [6.45, 7) is 5.93. The maximum atomic E-state index is 11.8. The summed E-state index contributed by atoms with van der Waals surface area (Å²) in [6.07, 6.45) is 2.82. The molecular weight excluding hydrogens is 274 g/mol. The van der Waals surface area contributed by atoms with Gasteiger partial charge < -0.3 is 0 Å². The van der Waals surface area contributed by atoms with Gasteiger partial charge in [-0.15, -0.1) is 0 Å². The molecule has 1 aliphatic rings. The Morgan fingerprint density at radius 3 is 1.94 bits per heavy atom. The zero-order valence-corrected chi connectivity index (χ0v) is 13.1. The smallest absolute Gasteiger partial charge is 0.211 e. The highest BCUT2D eigenvalue weighted by Crippen LogP contribution is 2.42. The molecule has 5 nitrogen and oxygen atoms in total. The van der Waals surface area contributed by atoms with Crippen LogP contribution in [-0.4, -0.2) is 40.1 Å². The molecular formula is C11H23NO4S2. The van der Waals surface area contributed by atoms with Gasteiger partial charge in [0.1, 0.15) is 0 Å². The standard InChI is InChI=1S/C11H23NO4S2/c1-10(2,3)7-8-18(15,16)12-9-11(5-6-11)17(4,13)14/h12H,5-9H2,1-4H3. The van der Waals surface area contributed by atoms with Crippen LogP contribution in [0.5, 0.6) is 0 Å². The molecule has 108 valence electrons. The fourth-order valence-electron chi connectivity index (χ4n) is 1.57. The van der Waals surface area contributed by atoms with Crippen molar-refractivity contribution >= 4 is 19.9 Å². The molecule has 1 saturated carbocycles. The molecule has 1 aliphatic carbocycles. The molecule has 1 fully saturated rings. The molecule has 0 heterocycles. The fraction of sp³-hybridized carbons (Fsp3) is 1.00. The molecule has 7 heteroatoms. The van der Waals surface area contributed by atoms with Gasteiger partial charge in [-0.3, -0.25) is 0 Å². The van der Waals surface area contributed by atoms with Crippen molar-refractivity contribution in [3.63, 3.8) is 0 Å². The van der Waals surface area contributed by atoms with Crippen LogP contribution in [0, 0.1) is 5.41 Å². The maximum Gasteiger partial charge on any atom is 0.211 e. The minimum Gasteiger partial charge on any atom is -0.228 e. The van der Waals surface area contributed by atoms with E-state index in [1.165, 1.54) is 6.26 Å². The number of nitrogens with one attached hydrogen (secondary N) is 1. The summed E-state index contributed by atoms with van der Waals surface area (Å²) in [4.78, 5) is 0. The lowest BCUT2D eigenvalue weighted by atomic mass is 9.94. The second-order valence-electron chi connectivity index (χ2n) is 6.41. The van der Waals surface area contributed by atoms with Gasteiger partial charge in [-0.1, -0.05) is 20.8 Å². The van der Waals surface area contributed by atoms with Crippen LogP contribution in [0.4, 0.5) is 0 Å². The lowest BCUT2D eigenvalue weighted by molar-refractivity contribution is 0.396. The Kier molecular flexibility index (Phi) is 4.21. The normalized spacial score (nSPS) is 19.8. The molecule has 0 aromatic rings. The van der Waals surface area contributed by atoms with E-state index >= 15 is 0 Å². The van der Waals surface area contributed by atoms with Gasteiger partial charge in [0, 0.05) is 12.8 Å². The van der Waals surface area contributed by atoms with E-state index in [4.69, 9.17) is 0 Å². The molecule has 0 bridgehead atoms. The average Bonchev–Trinajstić information content (AvgIpc) is 2.91. The minimum absolute atomic E-state index is 0.0122. The minimum atomic E-state index is -3.38. The Labute approximate surface area is 110 Å². The second kappa shape index (κ2) is 4.76. The quantitative estimate of drug-likeness (QED) is 0.790. The number of sulfonamides is 1. The van der Waals surface area contributed by atoms with Crippen LogP contribution < -0.4 is 4.72 Å². The van der Waals surface area contributed by atoms with Crippen molar-refractivity contribution in [2.45, 2.75) is 44.8 Å². The van der Waals surface area contributed by atoms with Crippen LogP contribution in [0.15, 0.2) is 0 Å². The highest BCUT2D eigenvalue weighted by Gasteiger charge is 2.52. The van der Waals surface area contributed by atoms with Crippen LogP contribution in [0.1, 0.15) is 40.0 Å². The van der Waals surface area contributed by atoms with Crippen molar-refractivity contribution in [3.05, 3.63) is 0 Å². The van der Waals surface area contributed by atoms with Gasteiger partial charge in [0.2, 0.25) is 10.0 Å². The molecule has 18 heavy (non-hydrogen) atoms. The SMILES string of the molecule is CC(C)(C)CCS(=O)(=O)NCC1(S(C)(=O)=O)CC1. The van der Waals surface area contributed by atoms with E-state index in [2.05, 4.69) is 4.72 Å². The third-order valence-corrected chi connectivity index (χ3v) is 6.78. The summed E-state index contributed by atoms with van der Waals surface area (Å²) in [5, 5.41) is 0. The highest BCUT2D eigenvalue weighted by molar-refractivity contribution is 7.92. The Hall–Kier alpha value is -0.140. The molecule has 0 atom stereocenters. The predicted molar refractivity (Wildman–Crippen MR) is 72.7 cm³/mol. The van der Waals surface area contributed by atoms with Gasteiger partial charge in [-0.25, -0.2) is 21.6 Å². The van der Waals surface area contributed by atoms with Crippen LogP contribution >= 0.6 is 0 Å². The van der Waals surface area contributed by atoms with Crippen molar-refractivity contribution in [3.8, 4) is 0 Å².